The Hall–Kier alpha value is -3.74. The van der Waals surface area contributed by atoms with Crippen molar-refractivity contribution in [3.63, 3.8) is 0 Å². The van der Waals surface area contributed by atoms with Crippen molar-refractivity contribution in [2.75, 3.05) is 4.90 Å². The van der Waals surface area contributed by atoms with E-state index >= 15 is 0 Å². The molecule has 0 bridgehead atoms. The zero-order valence-corrected chi connectivity index (χ0v) is 17.2. The molecule has 3 heterocycles. The number of carbonyl (C=O) groups is 1. The number of benzene rings is 2. The number of amides is 1. The Labute approximate surface area is 177 Å². The van der Waals surface area contributed by atoms with Gasteiger partial charge in [0, 0.05) is 17.9 Å². The summed E-state index contributed by atoms with van der Waals surface area (Å²) < 4.78 is 15.4. The topological polar surface area (TPSA) is 71.0 Å². The number of nitrogens with one attached hydrogen (secondary N) is 1. The number of aryl methyl sites for hydroxylation is 2. The molecule has 1 aliphatic heterocycles. The number of nitrogens with zero attached hydrogens (tertiary/aromatic N) is 3. The van der Waals surface area contributed by atoms with Gasteiger partial charge in [-0.15, -0.1) is 0 Å². The van der Waals surface area contributed by atoms with E-state index in [0.29, 0.717) is 35.3 Å². The van der Waals surface area contributed by atoms with Crippen LogP contribution in [-0.2, 0) is 6.42 Å². The van der Waals surface area contributed by atoms with Crippen molar-refractivity contribution in [3.05, 3.63) is 87.6 Å². The lowest BCUT2D eigenvalue weighted by Crippen LogP contribution is -2.43. The van der Waals surface area contributed by atoms with E-state index in [1.807, 2.05) is 37.3 Å². The lowest BCUT2D eigenvalue weighted by atomic mass is 9.95. The Balaban J connectivity index is 1.64. The fourth-order valence-electron chi connectivity index (χ4n) is 4.35. The lowest BCUT2D eigenvalue weighted by Gasteiger charge is -2.35. The normalized spacial score (nSPS) is 15.8. The SMILES string of the molecule is Cc1nn(-c2ccccc2)c2[nH]cc(C(=O)N3c4ccc(F)cc4CCC3C)c(=O)c12. The molecular weight excluding hydrogens is 395 g/mol. The number of halogens is 1. The minimum absolute atomic E-state index is 0.0484. The third kappa shape index (κ3) is 3.04. The van der Waals surface area contributed by atoms with Gasteiger partial charge in [0.1, 0.15) is 17.0 Å². The number of aromatic amines is 1. The van der Waals surface area contributed by atoms with E-state index in [0.717, 1.165) is 11.3 Å². The summed E-state index contributed by atoms with van der Waals surface area (Å²) in [5.74, 6) is -0.723. The molecular formula is C24H21FN4O2. The van der Waals surface area contributed by atoms with E-state index in [1.54, 1.807) is 22.6 Å². The summed E-state index contributed by atoms with van der Waals surface area (Å²) in [5.41, 5.74) is 3.02. The van der Waals surface area contributed by atoms with E-state index in [4.69, 9.17) is 0 Å². The molecule has 1 unspecified atom stereocenters. The summed E-state index contributed by atoms with van der Waals surface area (Å²) >= 11 is 0. The average Bonchev–Trinajstić information content (AvgIpc) is 3.11. The number of H-pyrrole nitrogens is 1. The van der Waals surface area contributed by atoms with Gasteiger partial charge in [0.15, 0.2) is 0 Å². The highest BCUT2D eigenvalue weighted by Crippen LogP contribution is 2.32. The van der Waals surface area contributed by atoms with Gasteiger partial charge < -0.3 is 9.88 Å². The molecule has 1 amide bonds. The van der Waals surface area contributed by atoms with Gasteiger partial charge in [-0.3, -0.25) is 9.59 Å². The molecule has 1 atom stereocenters. The van der Waals surface area contributed by atoms with Crippen molar-refractivity contribution < 1.29 is 9.18 Å². The Bertz CT molecular complexity index is 1370. The zero-order valence-electron chi connectivity index (χ0n) is 17.2. The first-order valence-electron chi connectivity index (χ1n) is 10.2. The van der Waals surface area contributed by atoms with Crippen LogP contribution in [0.4, 0.5) is 10.1 Å². The average molecular weight is 416 g/mol. The molecule has 31 heavy (non-hydrogen) atoms. The molecule has 0 saturated carbocycles. The summed E-state index contributed by atoms with van der Waals surface area (Å²) in [6, 6.07) is 13.8. The molecule has 5 rings (SSSR count). The molecule has 156 valence electrons. The molecule has 6 nitrogen and oxygen atoms in total. The minimum Gasteiger partial charge on any atom is -0.345 e. The van der Waals surface area contributed by atoms with Crippen molar-refractivity contribution >= 4 is 22.6 Å². The van der Waals surface area contributed by atoms with Crippen LogP contribution in [0.1, 0.15) is 35.0 Å². The standard InChI is InChI=1S/C24H21FN4O2/c1-14-8-9-16-12-17(25)10-11-20(16)28(14)24(31)19-13-26-23-21(22(19)30)15(2)27-29(23)18-6-4-3-5-7-18/h3-7,10-14H,8-9H2,1-2H3,(H,26,30). The summed E-state index contributed by atoms with van der Waals surface area (Å²) in [6.07, 6.45) is 2.85. The van der Waals surface area contributed by atoms with E-state index in [1.165, 1.54) is 18.3 Å². The van der Waals surface area contributed by atoms with Crippen molar-refractivity contribution in [1.29, 1.82) is 0 Å². The Morgan fingerprint density at radius 2 is 1.97 bits per heavy atom. The van der Waals surface area contributed by atoms with Gasteiger partial charge >= 0.3 is 0 Å². The number of aromatic nitrogens is 3. The van der Waals surface area contributed by atoms with Crippen LogP contribution in [0.15, 0.2) is 59.5 Å². The molecule has 0 saturated heterocycles. The first kappa shape index (κ1) is 19.2. The molecule has 0 fully saturated rings. The number of para-hydroxylation sites is 1. The van der Waals surface area contributed by atoms with Gasteiger partial charge in [-0.2, -0.15) is 5.10 Å². The summed E-state index contributed by atoms with van der Waals surface area (Å²) in [6.45, 7) is 3.70. The summed E-state index contributed by atoms with van der Waals surface area (Å²) in [7, 11) is 0. The minimum atomic E-state index is -0.393. The number of hydrogen-bond donors (Lipinski definition) is 1. The second kappa shape index (κ2) is 7.19. The monoisotopic (exact) mass is 416 g/mol. The molecule has 1 aliphatic rings. The third-order valence-electron chi connectivity index (χ3n) is 5.91. The first-order valence-corrected chi connectivity index (χ1v) is 10.2. The fraction of sp³-hybridized carbons (Fsp3) is 0.208. The first-order chi connectivity index (χ1) is 15.0. The number of carbonyl (C=O) groups excluding carboxylic acids is 1. The Kier molecular flexibility index (Phi) is 4.46. The molecule has 1 N–H and O–H groups in total. The van der Waals surface area contributed by atoms with Crippen molar-refractivity contribution in [2.45, 2.75) is 32.7 Å². The van der Waals surface area contributed by atoms with Crippen LogP contribution < -0.4 is 10.3 Å². The predicted molar refractivity (Wildman–Crippen MR) is 117 cm³/mol. The highest BCUT2D eigenvalue weighted by atomic mass is 19.1. The Morgan fingerprint density at radius 3 is 2.74 bits per heavy atom. The lowest BCUT2D eigenvalue weighted by molar-refractivity contribution is 0.0974. The number of anilines is 1. The van der Waals surface area contributed by atoms with Gasteiger partial charge in [-0.25, -0.2) is 9.07 Å². The van der Waals surface area contributed by atoms with Crippen LogP contribution in [0.2, 0.25) is 0 Å². The molecule has 2 aromatic heterocycles. The van der Waals surface area contributed by atoms with Crippen LogP contribution in [0, 0.1) is 12.7 Å². The van der Waals surface area contributed by atoms with E-state index < -0.39 is 5.91 Å². The van der Waals surface area contributed by atoms with Crippen LogP contribution in [0.3, 0.4) is 0 Å². The highest BCUT2D eigenvalue weighted by Gasteiger charge is 2.31. The molecule has 0 radical (unpaired) electrons. The number of fused-ring (bicyclic) bond motifs is 2. The third-order valence-corrected chi connectivity index (χ3v) is 5.91. The summed E-state index contributed by atoms with van der Waals surface area (Å²) in [5, 5.41) is 4.90. The van der Waals surface area contributed by atoms with Gasteiger partial charge in [-0.1, -0.05) is 18.2 Å². The van der Waals surface area contributed by atoms with E-state index in [9.17, 15) is 14.0 Å². The zero-order chi connectivity index (χ0) is 21.7. The smallest absolute Gasteiger partial charge is 0.264 e. The maximum absolute atomic E-state index is 13.7. The molecule has 0 spiro atoms. The second-order valence-electron chi connectivity index (χ2n) is 7.92. The summed E-state index contributed by atoms with van der Waals surface area (Å²) in [4.78, 5) is 31.6. The fourth-order valence-corrected chi connectivity index (χ4v) is 4.35. The van der Waals surface area contributed by atoms with Crippen molar-refractivity contribution in [2.24, 2.45) is 0 Å². The van der Waals surface area contributed by atoms with Crippen LogP contribution in [-0.4, -0.2) is 26.7 Å². The molecule has 7 heteroatoms. The molecule has 0 aliphatic carbocycles. The second-order valence-corrected chi connectivity index (χ2v) is 7.92. The van der Waals surface area contributed by atoms with E-state index in [2.05, 4.69) is 10.1 Å². The van der Waals surface area contributed by atoms with Gasteiger partial charge in [0.05, 0.1) is 16.8 Å². The van der Waals surface area contributed by atoms with E-state index in [-0.39, 0.29) is 22.9 Å². The maximum Gasteiger partial charge on any atom is 0.264 e. The number of hydrogen-bond acceptors (Lipinski definition) is 3. The number of pyridine rings is 1. The largest absolute Gasteiger partial charge is 0.345 e. The molecule has 4 aromatic rings. The van der Waals surface area contributed by atoms with Crippen LogP contribution in [0.25, 0.3) is 16.7 Å². The van der Waals surface area contributed by atoms with Gasteiger partial charge in [0.25, 0.3) is 5.91 Å². The maximum atomic E-state index is 13.7. The van der Waals surface area contributed by atoms with Gasteiger partial charge in [-0.05, 0) is 62.6 Å². The van der Waals surface area contributed by atoms with Crippen molar-refractivity contribution in [3.8, 4) is 5.69 Å². The van der Waals surface area contributed by atoms with Crippen molar-refractivity contribution in [1.82, 2.24) is 14.8 Å². The van der Waals surface area contributed by atoms with Crippen LogP contribution in [0.5, 0.6) is 0 Å². The predicted octanol–water partition coefficient (Wildman–Crippen LogP) is 4.14. The highest BCUT2D eigenvalue weighted by molar-refractivity contribution is 6.08. The Morgan fingerprint density at radius 1 is 1.19 bits per heavy atom. The quantitative estimate of drug-likeness (QED) is 0.534. The molecule has 2 aromatic carbocycles. The number of rotatable bonds is 2. The van der Waals surface area contributed by atoms with Crippen LogP contribution >= 0.6 is 0 Å². The van der Waals surface area contributed by atoms with Gasteiger partial charge in [0.2, 0.25) is 5.43 Å².